The molecule has 3 aromatic rings. The van der Waals surface area contributed by atoms with Crippen LogP contribution in [0.25, 0.3) is 22.4 Å². The van der Waals surface area contributed by atoms with Crippen molar-refractivity contribution in [2.24, 2.45) is 17.8 Å². The largest absolute Gasteiger partial charge is 0.453 e. The first-order valence-corrected chi connectivity index (χ1v) is 19.2. The summed E-state index contributed by atoms with van der Waals surface area (Å²) in [6.07, 6.45) is 4.90. The minimum absolute atomic E-state index is 0.113. The van der Waals surface area contributed by atoms with Gasteiger partial charge in [-0.25, -0.2) is 25.0 Å². The third-order valence-electron chi connectivity index (χ3n) is 10.7. The van der Waals surface area contributed by atoms with E-state index in [9.17, 15) is 24.0 Å². The first-order chi connectivity index (χ1) is 26.3. The highest BCUT2D eigenvalue weighted by Gasteiger charge is 2.40. The van der Waals surface area contributed by atoms with Gasteiger partial charge in [-0.3, -0.25) is 14.4 Å². The Hall–Kier alpha value is -5.40. The Labute approximate surface area is 323 Å². The minimum Gasteiger partial charge on any atom is -0.453 e. The molecule has 2 unspecified atom stereocenters. The van der Waals surface area contributed by atoms with Gasteiger partial charge in [0, 0.05) is 18.5 Å². The van der Waals surface area contributed by atoms with Gasteiger partial charge in [-0.15, -0.1) is 0 Å². The number of ether oxygens (including phenoxy) is 2. The summed E-state index contributed by atoms with van der Waals surface area (Å²) in [7, 11) is 2.53. The lowest BCUT2D eigenvalue weighted by molar-refractivity contribution is -0.147. The number of aromatic nitrogens is 2. The number of rotatable bonds is 11. The fraction of sp³-hybridized carbons (Fsp3) is 0.512. The summed E-state index contributed by atoms with van der Waals surface area (Å²) < 4.78 is 9.45. The summed E-state index contributed by atoms with van der Waals surface area (Å²) >= 11 is 0. The van der Waals surface area contributed by atoms with E-state index in [1.54, 1.807) is 24.9 Å². The average molecular weight is 758 g/mol. The van der Waals surface area contributed by atoms with Crippen LogP contribution in [-0.2, 0) is 23.9 Å². The van der Waals surface area contributed by atoms with E-state index < -0.39 is 30.1 Å². The zero-order valence-corrected chi connectivity index (χ0v) is 32.9. The number of likely N-dealkylation sites (tertiary alicyclic amines) is 1. The number of hydrogen-bond donors (Lipinski definition) is 4. The number of nitrogens with zero attached hydrogens (tertiary/aromatic N) is 3. The van der Waals surface area contributed by atoms with E-state index in [1.165, 1.54) is 19.2 Å². The molecule has 1 aromatic heterocycles. The summed E-state index contributed by atoms with van der Waals surface area (Å²) in [6.45, 7) is 9.90. The summed E-state index contributed by atoms with van der Waals surface area (Å²) in [5, 5.41) is 7.09. The monoisotopic (exact) mass is 757 g/mol. The number of benzene rings is 2. The number of nitrogens with one attached hydrogen (secondary N) is 4. The van der Waals surface area contributed by atoms with Crippen LogP contribution in [0.15, 0.2) is 54.7 Å². The number of hydrazine groups is 1. The van der Waals surface area contributed by atoms with Crippen LogP contribution in [0.5, 0.6) is 0 Å². The van der Waals surface area contributed by atoms with Crippen LogP contribution >= 0.6 is 0 Å². The fourth-order valence-electron chi connectivity index (χ4n) is 7.56. The van der Waals surface area contributed by atoms with Gasteiger partial charge in [-0.2, -0.15) is 0 Å². The van der Waals surface area contributed by atoms with Gasteiger partial charge < -0.3 is 30.0 Å². The molecule has 1 aliphatic carbocycles. The Morgan fingerprint density at radius 1 is 0.782 bits per heavy atom. The minimum atomic E-state index is -0.727. The number of carbonyl (C=O) groups is 5. The molecule has 1 aliphatic heterocycles. The second-order valence-corrected chi connectivity index (χ2v) is 15.1. The summed E-state index contributed by atoms with van der Waals surface area (Å²) in [5.74, 6) is -1.05. The molecular weight excluding hydrogens is 702 g/mol. The molecule has 0 radical (unpaired) electrons. The molecule has 2 fully saturated rings. The van der Waals surface area contributed by atoms with E-state index in [0.717, 1.165) is 53.6 Å². The van der Waals surface area contributed by atoms with Crippen LogP contribution < -0.4 is 16.1 Å². The second-order valence-electron chi connectivity index (χ2n) is 15.1. The first-order valence-electron chi connectivity index (χ1n) is 19.2. The van der Waals surface area contributed by atoms with E-state index in [-0.39, 0.29) is 41.8 Å². The van der Waals surface area contributed by atoms with Gasteiger partial charge in [0.1, 0.15) is 11.9 Å². The van der Waals surface area contributed by atoms with Crippen molar-refractivity contribution in [1.29, 1.82) is 0 Å². The Balaban J connectivity index is 1.21. The van der Waals surface area contributed by atoms with E-state index in [2.05, 4.69) is 26.0 Å². The zero-order chi connectivity index (χ0) is 39.8. The standard InChI is InChI=1S/C41H55N7O7/c1-24(2)35(45-40(52)54-6)39(51)47-22-10-13-34(47)36-42-23-33(44-36)30-20-18-29(19-21-30)28-16-14-27(15-17-28)26(5)43-37(49)31-11-8-9-12-32(31)38(50)48(25(3)4)46-41(53)55-7/h14-21,23-26,31-32,34-35H,8-13,22H2,1-7H3,(H,42,44)(H,43,49)(H,45,52)(H,46,53)/t26-,31?,32?,34+,35+/m1/s1. The third-order valence-corrected chi connectivity index (χ3v) is 10.7. The van der Waals surface area contributed by atoms with E-state index in [0.29, 0.717) is 25.2 Å². The van der Waals surface area contributed by atoms with Gasteiger partial charge in [0.25, 0.3) is 0 Å². The highest BCUT2D eigenvalue weighted by molar-refractivity contribution is 5.89. The number of alkyl carbamates (subject to hydrolysis) is 1. The quantitative estimate of drug-likeness (QED) is 0.165. The van der Waals surface area contributed by atoms with Crippen molar-refractivity contribution < 1.29 is 33.4 Å². The smallest absolute Gasteiger partial charge is 0.425 e. The summed E-state index contributed by atoms with van der Waals surface area (Å²) in [5.41, 5.74) is 7.28. The van der Waals surface area contributed by atoms with E-state index in [4.69, 9.17) is 9.47 Å². The molecule has 14 heteroatoms. The highest BCUT2D eigenvalue weighted by atomic mass is 16.5. The van der Waals surface area contributed by atoms with Crippen LogP contribution in [0.3, 0.4) is 0 Å². The molecule has 2 aliphatic rings. The molecule has 5 atom stereocenters. The molecular formula is C41H55N7O7. The van der Waals surface area contributed by atoms with Gasteiger partial charge in [0.15, 0.2) is 0 Å². The molecule has 1 saturated heterocycles. The van der Waals surface area contributed by atoms with Crippen molar-refractivity contribution in [3.63, 3.8) is 0 Å². The molecule has 296 valence electrons. The molecule has 2 aromatic carbocycles. The maximum atomic E-state index is 13.6. The number of carbonyl (C=O) groups excluding carboxylic acids is 5. The van der Waals surface area contributed by atoms with Crippen LogP contribution in [0.1, 0.15) is 96.6 Å². The Morgan fingerprint density at radius 3 is 1.98 bits per heavy atom. The maximum Gasteiger partial charge on any atom is 0.425 e. The normalized spacial score (nSPS) is 19.4. The van der Waals surface area contributed by atoms with Crippen molar-refractivity contribution in [1.82, 2.24) is 35.9 Å². The number of H-pyrrole nitrogens is 1. The molecule has 4 N–H and O–H groups in total. The number of methoxy groups -OCH3 is 2. The van der Waals surface area contributed by atoms with Crippen molar-refractivity contribution in [2.45, 2.75) is 97.3 Å². The predicted octanol–water partition coefficient (Wildman–Crippen LogP) is 6.28. The Kier molecular flexibility index (Phi) is 13.6. The zero-order valence-electron chi connectivity index (χ0n) is 32.9. The van der Waals surface area contributed by atoms with Gasteiger partial charge >= 0.3 is 12.2 Å². The Bertz CT molecular complexity index is 1810. The molecule has 0 bridgehead atoms. The molecule has 2 heterocycles. The molecule has 0 spiro atoms. The van der Waals surface area contributed by atoms with Crippen molar-refractivity contribution in [3.8, 4) is 22.4 Å². The van der Waals surface area contributed by atoms with Crippen LogP contribution in [0.4, 0.5) is 9.59 Å². The highest BCUT2D eigenvalue weighted by Crippen LogP contribution is 2.35. The van der Waals surface area contributed by atoms with Gasteiger partial charge in [0.2, 0.25) is 17.7 Å². The lowest BCUT2D eigenvalue weighted by Gasteiger charge is -2.35. The molecule has 5 amide bonds. The topological polar surface area (TPSA) is 175 Å². The third kappa shape index (κ3) is 9.65. The predicted molar refractivity (Wildman–Crippen MR) is 207 cm³/mol. The first kappa shape index (κ1) is 40.8. The van der Waals surface area contributed by atoms with Crippen molar-refractivity contribution >= 4 is 29.9 Å². The maximum absolute atomic E-state index is 13.6. The van der Waals surface area contributed by atoms with Crippen LogP contribution in [-0.4, -0.2) is 82.6 Å². The van der Waals surface area contributed by atoms with Gasteiger partial charge in [0.05, 0.1) is 44.1 Å². The molecule has 5 rings (SSSR count). The summed E-state index contributed by atoms with van der Waals surface area (Å²) in [4.78, 5) is 74.4. The molecule has 1 saturated carbocycles. The number of imidazole rings is 1. The fourth-order valence-corrected chi connectivity index (χ4v) is 7.56. The molecule has 14 nitrogen and oxygen atoms in total. The molecule has 55 heavy (non-hydrogen) atoms. The van der Waals surface area contributed by atoms with Crippen LogP contribution in [0.2, 0.25) is 0 Å². The SMILES string of the molecule is COC(=O)N[C@H](C(=O)N1CCC[C@H]1c1ncc(-c2ccc(-c3ccc([C@@H](C)NC(=O)C4CCCCC4C(=O)N(NC(=O)OC)C(C)C)cc3)cc2)[nH]1)C(C)C. The lowest BCUT2D eigenvalue weighted by atomic mass is 9.77. The van der Waals surface area contributed by atoms with Crippen LogP contribution in [0, 0.1) is 17.8 Å². The number of hydrogen-bond acceptors (Lipinski definition) is 8. The van der Waals surface area contributed by atoms with E-state index in [1.807, 2.05) is 69.3 Å². The number of aromatic amines is 1. The van der Waals surface area contributed by atoms with Crippen molar-refractivity contribution in [2.75, 3.05) is 20.8 Å². The summed E-state index contributed by atoms with van der Waals surface area (Å²) in [6, 6.07) is 14.7. The van der Waals surface area contributed by atoms with Gasteiger partial charge in [-0.05, 0) is 74.6 Å². The average Bonchev–Trinajstić information content (AvgIpc) is 3.89. The Morgan fingerprint density at radius 2 is 1.38 bits per heavy atom. The second kappa shape index (κ2) is 18.3. The van der Waals surface area contributed by atoms with Gasteiger partial charge in [-0.1, -0.05) is 75.2 Å². The number of amides is 5. The van der Waals surface area contributed by atoms with E-state index >= 15 is 0 Å². The van der Waals surface area contributed by atoms with Crippen molar-refractivity contribution in [3.05, 3.63) is 66.1 Å². The lowest BCUT2D eigenvalue weighted by Crippen LogP contribution is -2.54.